The van der Waals surface area contributed by atoms with E-state index < -0.39 is 0 Å². The maximum Gasteiger partial charge on any atom is 0.220 e. The number of unbranched alkanes of at least 4 members (excludes halogenated alkanes) is 2. The number of nitrogens with one attached hydrogen (secondary N) is 1. The van der Waals surface area contributed by atoms with Gasteiger partial charge in [0.25, 0.3) is 0 Å². The fraction of sp³-hybridized carbons (Fsp3) is 0.917. The van der Waals surface area contributed by atoms with Crippen LogP contribution in [-0.2, 0) is 9.53 Å². The molecule has 4 heteroatoms. The number of carbonyl (C=O) groups excluding carboxylic acids is 1. The summed E-state index contributed by atoms with van der Waals surface area (Å²) in [6.07, 6.45) is 4.99. The van der Waals surface area contributed by atoms with E-state index in [-0.39, 0.29) is 12.0 Å². The maximum atomic E-state index is 11.5. The lowest BCUT2D eigenvalue weighted by molar-refractivity contribution is -0.121. The Bertz CT molecular complexity index is 209. The summed E-state index contributed by atoms with van der Waals surface area (Å²) in [6.45, 7) is 4.39. The zero-order valence-corrected chi connectivity index (χ0v) is 10.2. The van der Waals surface area contributed by atoms with Gasteiger partial charge in [-0.15, -0.1) is 0 Å². The number of amides is 1. The molecule has 0 saturated carbocycles. The lowest BCUT2D eigenvalue weighted by Crippen LogP contribution is -2.31. The first kappa shape index (κ1) is 13.5. The highest BCUT2D eigenvalue weighted by atomic mass is 16.5. The van der Waals surface area contributed by atoms with E-state index in [9.17, 15) is 4.79 Å². The summed E-state index contributed by atoms with van der Waals surface area (Å²) in [7, 11) is 0. The minimum Gasteiger partial charge on any atom is -0.378 e. The van der Waals surface area contributed by atoms with Gasteiger partial charge < -0.3 is 15.8 Å². The molecule has 94 valence electrons. The molecule has 4 nitrogen and oxygen atoms in total. The van der Waals surface area contributed by atoms with Crippen molar-refractivity contribution in [3.8, 4) is 0 Å². The zero-order valence-electron chi connectivity index (χ0n) is 10.2. The molecular weight excluding hydrogens is 204 g/mol. The SMILES string of the molecule is CC1OCCC1CNC(=O)CCCCCN. The Labute approximate surface area is 97.9 Å². The Hall–Kier alpha value is -0.610. The molecule has 1 rings (SSSR count). The van der Waals surface area contributed by atoms with Crippen molar-refractivity contribution < 1.29 is 9.53 Å². The van der Waals surface area contributed by atoms with Gasteiger partial charge >= 0.3 is 0 Å². The Morgan fingerprint density at radius 1 is 1.44 bits per heavy atom. The second kappa shape index (κ2) is 7.63. The molecule has 1 fully saturated rings. The summed E-state index contributed by atoms with van der Waals surface area (Å²) in [5.74, 6) is 0.657. The minimum absolute atomic E-state index is 0.163. The van der Waals surface area contributed by atoms with Gasteiger partial charge in [-0.1, -0.05) is 6.42 Å². The van der Waals surface area contributed by atoms with Crippen LogP contribution in [0.3, 0.4) is 0 Å². The van der Waals surface area contributed by atoms with Crippen LogP contribution in [0.2, 0.25) is 0 Å². The topological polar surface area (TPSA) is 64.3 Å². The largest absolute Gasteiger partial charge is 0.378 e. The maximum absolute atomic E-state index is 11.5. The third-order valence-electron chi connectivity index (χ3n) is 3.20. The van der Waals surface area contributed by atoms with E-state index in [1.54, 1.807) is 0 Å². The van der Waals surface area contributed by atoms with Crippen LogP contribution in [0.15, 0.2) is 0 Å². The molecule has 0 radical (unpaired) electrons. The Morgan fingerprint density at radius 3 is 2.88 bits per heavy atom. The fourth-order valence-electron chi connectivity index (χ4n) is 1.98. The second-order valence-electron chi connectivity index (χ2n) is 4.53. The van der Waals surface area contributed by atoms with Crippen molar-refractivity contribution in [1.82, 2.24) is 5.32 Å². The summed E-state index contributed by atoms with van der Waals surface area (Å²) in [5.41, 5.74) is 5.39. The summed E-state index contributed by atoms with van der Waals surface area (Å²) in [4.78, 5) is 11.5. The van der Waals surface area contributed by atoms with Crippen molar-refractivity contribution in [2.24, 2.45) is 11.7 Å². The Kier molecular flexibility index (Phi) is 6.42. The number of ether oxygens (including phenoxy) is 1. The van der Waals surface area contributed by atoms with Gasteiger partial charge in [-0.2, -0.15) is 0 Å². The molecule has 1 aliphatic heterocycles. The standard InChI is InChI=1S/C12H24N2O2/c1-10-11(6-8-16-10)9-14-12(15)5-3-2-4-7-13/h10-11H,2-9,13H2,1H3,(H,14,15). The van der Waals surface area contributed by atoms with Gasteiger partial charge in [-0.25, -0.2) is 0 Å². The van der Waals surface area contributed by atoms with Crippen molar-refractivity contribution in [2.75, 3.05) is 19.7 Å². The van der Waals surface area contributed by atoms with E-state index >= 15 is 0 Å². The van der Waals surface area contributed by atoms with Crippen molar-refractivity contribution in [1.29, 1.82) is 0 Å². The third kappa shape index (κ3) is 4.94. The normalized spacial score (nSPS) is 24.6. The van der Waals surface area contributed by atoms with Crippen LogP contribution in [0.1, 0.15) is 39.0 Å². The molecule has 0 aliphatic carbocycles. The highest BCUT2D eigenvalue weighted by Crippen LogP contribution is 2.19. The van der Waals surface area contributed by atoms with Crippen molar-refractivity contribution in [3.63, 3.8) is 0 Å². The fourth-order valence-corrected chi connectivity index (χ4v) is 1.98. The van der Waals surface area contributed by atoms with Gasteiger partial charge in [-0.05, 0) is 32.7 Å². The first-order valence-electron chi connectivity index (χ1n) is 6.32. The first-order chi connectivity index (χ1) is 7.74. The van der Waals surface area contributed by atoms with Crippen LogP contribution < -0.4 is 11.1 Å². The van der Waals surface area contributed by atoms with Gasteiger partial charge in [0, 0.05) is 25.5 Å². The van der Waals surface area contributed by atoms with Crippen LogP contribution in [0, 0.1) is 5.92 Å². The summed E-state index contributed by atoms with van der Waals surface area (Å²) >= 11 is 0. The minimum atomic E-state index is 0.163. The number of nitrogens with two attached hydrogens (primary N) is 1. The van der Waals surface area contributed by atoms with Crippen LogP contribution >= 0.6 is 0 Å². The number of hydrogen-bond acceptors (Lipinski definition) is 3. The average Bonchev–Trinajstić information content (AvgIpc) is 2.67. The molecule has 0 aromatic rings. The van der Waals surface area contributed by atoms with E-state index in [1.165, 1.54) is 0 Å². The van der Waals surface area contributed by atoms with Crippen LogP contribution in [-0.4, -0.2) is 31.7 Å². The number of carbonyl (C=O) groups is 1. The van der Waals surface area contributed by atoms with E-state index in [0.29, 0.717) is 12.3 Å². The van der Waals surface area contributed by atoms with Crippen molar-refractivity contribution in [2.45, 2.75) is 45.1 Å². The number of rotatable bonds is 7. The van der Waals surface area contributed by atoms with Gasteiger partial charge in [0.15, 0.2) is 0 Å². The van der Waals surface area contributed by atoms with Gasteiger partial charge in [-0.3, -0.25) is 4.79 Å². The number of hydrogen-bond donors (Lipinski definition) is 2. The molecule has 0 aromatic heterocycles. The average molecular weight is 228 g/mol. The summed E-state index contributed by atoms with van der Waals surface area (Å²) in [6, 6.07) is 0. The van der Waals surface area contributed by atoms with Crippen LogP contribution in [0.5, 0.6) is 0 Å². The highest BCUT2D eigenvalue weighted by Gasteiger charge is 2.24. The quantitative estimate of drug-likeness (QED) is 0.640. The molecule has 0 bridgehead atoms. The molecule has 1 heterocycles. The molecule has 2 unspecified atom stereocenters. The smallest absolute Gasteiger partial charge is 0.220 e. The second-order valence-corrected chi connectivity index (χ2v) is 4.53. The Balaban J connectivity index is 2.01. The van der Waals surface area contributed by atoms with E-state index in [4.69, 9.17) is 10.5 Å². The molecule has 1 saturated heterocycles. The van der Waals surface area contributed by atoms with E-state index in [2.05, 4.69) is 12.2 Å². The van der Waals surface area contributed by atoms with Crippen molar-refractivity contribution in [3.05, 3.63) is 0 Å². The molecule has 16 heavy (non-hydrogen) atoms. The summed E-state index contributed by atoms with van der Waals surface area (Å²) in [5, 5.41) is 2.98. The van der Waals surface area contributed by atoms with E-state index in [1.807, 2.05) is 0 Å². The third-order valence-corrected chi connectivity index (χ3v) is 3.20. The summed E-state index contributed by atoms with van der Waals surface area (Å²) < 4.78 is 5.45. The lowest BCUT2D eigenvalue weighted by atomic mass is 10.0. The van der Waals surface area contributed by atoms with Gasteiger partial charge in [0.2, 0.25) is 5.91 Å². The first-order valence-corrected chi connectivity index (χ1v) is 6.32. The van der Waals surface area contributed by atoms with Gasteiger partial charge in [0.05, 0.1) is 6.10 Å². The zero-order chi connectivity index (χ0) is 11.8. The lowest BCUT2D eigenvalue weighted by Gasteiger charge is -2.14. The molecule has 2 atom stereocenters. The predicted octanol–water partition coefficient (Wildman–Crippen LogP) is 1.05. The monoisotopic (exact) mass is 228 g/mol. The Morgan fingerprint density at radius 2 is 2.25 bits per heavy atom. The molecule has 3 N–H and O–H groups in total. The molecule has 0 spiro atoms. The molecule has 1 amide bonds. The molecule has 0 aromatic carbocycles. The van der Waals surface area contributed by atoms with Crippen LogP contribution in [0.25, 0.3) is 0 Å². The molecular formula is C12H24N2O2. The van der Waals surface area contributed by atoms with Gasteiger partial charge in [0.1, 0.15) is 0 Å². The highest BCUT2D eigenvalue weighted by molar-refractivity contribution is 5.75. The van der Waals surface area contributed by atoms with Crippen LogP contribution in [0.4, 0.5) is 0 Å². The molecule has 1 aliphatic rings. The van der Waals surface area contributed by atoms with Crippen molar-refractivity contribution >= 4 is 5.91 Å². The van der Waals surface area contributed by atoms with E-state index in [0.717, 1.165) is 45.4 Å². The predicted molar refractivity (Wildman–Crippen MR) is 64.1 cm³/mol.